The summed E-state index contributed by atoms with van der Waals surface area (Å²) in [6, 6.07) is -0.220. The van der Waals surface area contributed by atoms with E-state index in [1.165, 1.54) is 12.0 Å². The van der Waals surface area contributed by atoms with Gasteiger partial charge >= 0.3 is 18.0 Å². The Labute approximate surface area is 123 Å². The molecule has 0 spiro atoms. The molecule has 0 aromatic rings. The molecule has 0 aromatic carbocycles. The summed E-state index contributed by atoms with van der Waals surface area (Å²) in [7, 11) is 2.91. The van der Waals surface area contributed by atoms with Crippen molar-refractivity contribution in [2.75, 3.05) is 40.4 Å². The molecule has 8 nitrogen and oxygen atoms in total. The first-order valence-corrected chi connectivity index (χ1v) is 6.62. The molecular formula is C13H22N2O6. The molecule has 1 unspecified atom stereocenters. The van der Waals surface area contributed by atoms with Gasteiger partial charge in [0.25, 0.3) is 0 Å². The molecule has 1 rings (SSSR count). The van der Waals surface area contributed by atoms with Gasteiger partial charge < -0.3 is 24.4 Å². The zero-order valence-corrected chi connectivity index (χ0v) is 12.8. The van der Waals surface area contributed by atoms with Crippen molar-refractivity contribution in [2.45, 2.75) is 19.4 Å². The van der Waals surface area contributed by atoms with Crippen LogP contribution in [-0.2, 0) is 19.1 Å². The van der Waals surface area contributed by atoms with Crippen LogP contribution in [0, 0.1) is 5.92 Å². The van der Waals surface area contributed by atoms with Gasteiger partial charge in [-0.2, -0.15) is 0 Å². The molecule has 120 valence electrons. The van der Waals surface area contributed by atoms with Gasteiger partial charge in [-0.1, -0.05) is 6.92 Å². The summed E-state index contributed by atoms with van der Waals surface area (Å²) in [6.07, 6.45) is 0. The van der Waals surface area contributed by atoms with E-state index in [-0.39, 0.29) is 25.2 Å². The van der Waals surface area contributed by atoms with E-state index in [0.29, 0.717) is 13.1 Å². The molecule has 0 bridgehead atoms. The van der Waals surface area contributed by atoms with Crippen LogP contribution in [-0.4, -0.2) is 78.9 Å². The largest absolute Gasteiger partial charge is 0.480 e. The normalized spacial score (nSPS) is 17.6. The fourth-order valence-corrected chi connectivity index (χ4v) is 2.23. The van der Waals surface area contributed by atoms with Crippen LogP contribution in [0.2, 0.25) is 0 Å². The number of ether oxygens (including phenoxy) is 2. The van der Waals surface area contributed by atoms with Crippen LogP contribution < -0.4 is 0 Å². The van der Waals surface area contributed by atoms with Gasteiger partial charge in [-0.3, -0.25) is 4.79 Å². The number of nitrogens with zero attached hydrogens (tertiary/aromatic N) is 2. The molecule has 1 heterocycles. The van der Waals surface area contributed by atoms with Crippen molar-refractivity contribution in [1.82, 2.24) is 9.80 Å². The molecule has 21 heavy (non-hydrogen) atoms. The molecule has 1 aliphatic heterocycles. The third-order valence-electron chi connectivity index (χ3n) is 3.34. The minimum atomic E-state index is -1.04. The number of aliphatic carboxylic acids is 1. The average molecular weight is 302 g/mol. The second kappa shape index (κ2) is 6.75. The van der Waals surface area contributed by atoms with Crippen molar-refractivity contribution >= 4 is 18.0 Å². The minimum absolute atomic E-state index is 0.220. The van der Waals surface area contributed by atoms with E-state index in [4.69, 9.17) is 9.84 Å². The van der Waals surface area contributed by atoms with Crippen molar-refractivity contribution in [3.63, 3.8) is 0 Å². The average Bonchev–Trinajstić information content (AvgIpc) is 2.39. The van der Waals surface area contributed by atoms with Crippen LogP contribution in [0.3, 0.4) is 0 Å². The lowest BCUT2D eigenvalue weighted by molar-refractivity contribution is -0.160. The molecule has 1 saturated heterocycles. The Bertz CT molecular complexity index is 419. The molecule has 0 saturated carbocycles. The van der Waals surface area contributed by atoms with Crippen molar-refractivity contribution in [1.29, 1.82) is 0 Å². The van der Waals surface area contributed by atoms with Crippen LogP contribution in [0.1, 0.15) is 13.8 Å². The molecule has 0 aromatic heterocycles. The predicted molar refractivity (Wildman–Crippen MR) is 72.8 cm³/mol. The van der Waals surface area contributed by atoms with Crippen LogP contribution in [0.5, 0.6) is 0 Å². The van der Waals surface area contributed by atoms with Crippen LogP contribution in [0.25, 0.3) is 0 Å². The molecule has 0 aliphatic carbocycles. The molecule has 1 N–H and O–H groups in total. The van der Waals surface area contributed by atoms with E-state index < -0.39 is 17.5 Å². The first kappa shape index (κ1) is 17.2. The molecule has 1 atom stereocenters. The van der Waals surface area contributed by atoms with Crippen LogP contribution in [0.15, 0.2) is 0 Å². The standard InChI is InChI=1S/C13H22N2O6/c1-9(11(18)20-4)5-14(3)12(19)15-7-13(2,8-15)21-6-10(16)17/h9H,5-8H2,1-4H3,(H,16,17). The van der Waals surface area contributed by atoms with Crippen molar-refractivity contribution < 1.29 is 29.0 Å². The summed E-state index contributed by atoms with van der Waals surface area (Å²) in [5.41, 5.74) is -0.622. The zero-order chi connectivity index (χ0) is 16.2. The summed E-state index contributed by atoms with van der Waals surface area (Å²) in [6.45, 7) is 3.98. The quantitative estimate of drug-likeness (QED) is 0.695. The lowest BCUT2D eigenvalue weighted by atomic mass is 9.97. The molecule has 1 fully saturated rings. The number of carbonyl (C=O) groups excluding carboxylic acids is 2. The molecule has 0 radical (unpaired) electrons. The first-order chi connectivity index (χ1) is 9.68. The topological polar surface area (TPSA) is 96.4 Å². The zero-order valence-electron chi connectivity index (χ0n) is 12.8. The summed E-state index contributed by atoms with van der Waals surface area (Å²) in [5, 5.41) is 8.58. The van der Waals surface area contributed by atoms with Crippen molar-refractivity contribution in [2.24, 2.45) is 5.92 Å². The van der Waals surface area contributed by atoms with Gasteiger partial charge in [0.1, 0.15) is 12.2 Å². The highest BCUT2D eigenvalue weighted by atomic mass is 16.5. The Morgan fingerprint density at radius 2 is 1.95 bits per heavy atom. The number of hydrogen-bond acceptors (Lipinski definition) is 5. The lowest BCUT2D eigenvalue weighted by Gasteiger charge is -2.48. The molecule has 8 heteroatoms. The SMILES string of the molecule is COC(=O)C(C)CN(C)C(=O)N1CC(C)(OCC(=O)O)C1. The number of amides is 2. The van der Waals surface area contributed by atoms with Gasteiger partial charge in [0.15, 0.2) is 0 Å². The molecular weight excluding hydrogens is 280 g/mol. The number of esters is 1. The highest BCUT2D eigenvalue weighted by Gasteiger charge is 2.43. The highest BCUT2D eigenvalue weighted by molar-refractivity contribution is 5.77. The first-order valence-electron chi connectivity index (χ1n) is 6.62. The molecule has 2 amide bonds. The smallest absolute Gasteiger partial charge is 0.329 e. The Hall–Kier alpha value is -1.83. The number of likely N-dealkylation sites (tertiary alicyclic amines) is 1. The fourth-order valence-electron chi connectivity index (χ4n) is 2.23. The van der Waals surface area contributed by atoms with E-state index in [0.717, 1.165) is 0 Å². The summed E-state index contributed by atoms with van der Waals surface area (Å²) >= 11 is 0. The maximum atomic E-state index is 12.1. The van der Waals surface area contributed by atoms with Gasteiger partial charge in [-0.25, -0.2) is 9.59 Å². The number of methoxy groups -OCH3 is 1. The van der Waals surface area contributed by atoms with Gasteiger partial charge in [0, 0.05) is 13.6 Å². The lowest BCUT2D eigenvalue weighted by Crippen LogP contribution is -2.65. The van der Waals surface area contributed by atoms with Crippen molar-refractivity contribution in [3.8, 4) is 0 Å². The van der Waals surface area contributed by atoms with Crippen molar-refractivity contribution in [3.05, 3.63) is 0 Å². The number of carboxylic acids is 1. The number of carboxylic acid groups (broad SMARTS) is 1. The summed E-state index contributed by atoms with van der Waals surface area (Å²) < 4.78 is 9.85. The van der Waals surface area contributed by atoms with E-state index in [1.807, 2.05) is 0 Å². The fraction of sp³-hybridized carbons (Fsp3) is 0.769. The van der Waals surface area contributed by atoms with Gasteiger partial charge in [0.2, 0.25) is 0 Å². The Kier molecular flexibility index (Phi) is 5.54. The Morgan fingerprint density at radius 3 is 2.43 bits per heavy atom. The number of rotatable bonds is 6. The predicted octanol–water partition coefficient (Wildman–Crippen LogP) is 0.0228. The van der Waals surface area contributed by atoms with E-state index in [1.54, 1.807) is 25.8 Å². The summed E-state index contributed by atoms with van der Waals surface area (Å²) in [5.74, 6) is -1.81. The van der Waals surface area contributed by atoms with Gasteiger partial charge in [0.05, 0.1) is 26.1 Å². The Morgan fingerprint density at radius 1 is 1.38 bits per heavy atom. The third-order valence-corrected chi connectivity index (χ3v) is 3.34. The summed E-state index contributed by atoms with van der Waals surface area (Å²) in [4.78, 5) is 36.9. The van der Waals surface area contributed by atoms with Gasteiger partial charge in [-0.15, -0.1) is 0 Å². The Balaban J connectivity index is 2.41. The minimum Gasteiger partial charge on any atom is -0.480 e. The van der Waals surface area contributed by atoms with Gasteiger partial charge in [-0.05, 0) is 6.92 Å². The maximum absolute atomic E-state index is 12.1. The van der Waals surface area contributed by atoms with Crippen LogP contribution in [0.4, 0.5) is 4.79 Å². The number of carbonyl (C=O) groups is 3. The van der Waals surface area contributed by atoms with E-state index in [9.17, 15) is 14.4 Å². The van der Waals surface area contributed by atoms with E-state index >= 15 is 0 Å². The third kappa shape index (κ3) is 4.59. The maximum Gasteiger partial charge on any atom is 0.329 e. The van der Waals surface area contributed by atoms with Crippen LogP contribution >= 0.6 is 0 Å². The monoisotopic (exact) mass is 302 g/mol. The molecule has 1 aliphatic rings. The number of urea groups is 1. The second-order valence-electron chi connectivity index (χ2n) is 5.58. The van der Waals surface area contributed by atoms with E-state index in [2.05, 4.69) is 4.74 Å². The number of hydrogen-bond donors (Lipinski definition) is 1. The highest BCUT2D eigenvalue weighted by Crippen LogP contribution is 2.25. The second-order valence-corrected chi connectivity index (χ2v) is 5.58.